The van der Waals surface area contributed by atoms with Crippen LogP contribution in [0.1, 0.15) is 18.9 Å². The van der Waals surface area contributed by atoms with Gasteiger partial charge in [0, 0.05) is 12.6 Å². The zero-order valence-electron chi connectivity index (χ0n) is 10.9. The van der Waals surface area contributed by atoms with Gasteiger partial charge in [0.15, 0.2) is 15.8 Å². The molecule has 1 unspecified atom stereocenters. The van der Waals surface area contributed by atoms with Gasteiger partial charge in [-0.1, -0.05) is 0 Å². The molecule has 1 fully saturated rings. The number of nitrogens with zero attached hydrogens (tertiary/aromatic N) is 1. The van der Waals surface area contributed by atoms with Crippen molar-refractivity contribution in [2.24, 2.45) is 4.99 Å². The molecular formula is C12H19N3O2S2. The van der Waals surface area contributed by atoms with Gasteiger partial charge in [0.05, 0.1) is 18.1 Å². The van der Waals surface area contributed by atoms with Gasteiger partial charge in [0.2, 0.25) is 0 Å². The highest BCUT2D eigenvalue weighted by atomic mass is 32.2. The number of sulfone groups is 1. The molecule has 2 N–H and O–H groups in total. The number of hydrogen-bond donors (Lipinski definition) is 2. The first-order valence-electron chi connectivity index (χ1n) is 6.35. The lowest BCUT2D eigenvalue weighted by Gasteiger charge is -2.15. The van der Waals surface area contributed by atoms with E-state index in [2.05, 4.69) is 21.0 Å². The van der Waals surface area contributed by atoms with Crippen molar-refractivity contribution in [2.75, 3.05) is 18.1 Å². The summed E-state index contributed by atoms with van der Waals surface area (Å²) in [7, 11) is -2.86. The van der Waals surface area contributed by atoms with Gasteiger partial charge < -0.3 is 10.6 Å². The van der Waals surface area contributed by atoms with Gasteiger partial charge in [-0.2, -0.15) is 11.3 Å². The molecule has 0 spiro atoms. The zero-order valence-corrected chi connectivity index (χ0v) is 12.6. The Labute approximate surface area is 118 Å². The zero-order chi connectivity index (χ0) is 13.7. The maximum atomic E-state index is 11.4. The van der Waals surface area contributed by atoms with E-state index < -0.39 is 9.84 Å². The van der Waals surface area contributed by atoms with Gasteiger partial charge >= 0.3 is 0 Å². The van der Waals surface area contributed by atoms with E-state index in [0.29, 0.717) is 18.9 Å². The van der Waals surface area contributed by atoms with Gasteiger partial charge in [-0.25, -0.2) is 13.4 Å². The summed E-state index contributed by atoms with van der Waals surface area (Å²) >= 11 is 1.65. The molecule has 1 aliphatic rings. The minimum Gasteiger partial charge on any atom is -0.357 e. The quantitative estimate of drug-likeness (QED) is 0.643. The van der Waals surface area contributed by atoms with E-state index in [-0.39, 0.29) is 17.5 Å². The van der Waals surface area contributed by atoms with Crippen molar-refractivity contribution in [3.63, 3.8) is 0 Å². The Kier molecular flexibility index (Phi) is 4.81. The summed E-state index contributed by atoms with van der Waals surface area (Å²) in [5, 5.41) is 10.4. The molecular weight excluding hydrogens is 282 g/mol. The third-order valence-electron chi connectivity index (χ3n) is 2.92. The number of thiophene rings is 1. The standard InChI is InChI=1S/C12H19N3O2S2/c1-2-13-12(14-7-10-3-5-18-8-10)15-11-4-6-19(16,17)9-11/h3,5,8,11H,2,4,6-7,9H2,1H3,(H2,13,14,15). The largest absolute Gasteiger partial charge is 0.357 e. The van der Waals surface area contributed by atoms with E-state index in [1.54, 1.807) is 11.3 Å². The Morgan fingerprint density at radius 2 is 2.42 bits per heavy atom. The topological polar surface area (TPSA) is 70.6 Å². The van der Waals surface area contributed by atoms with Crippen molar-refractivity contribution >= 4 is 27.1 Å². The maximum Gasteiger partial charge on any atom is 0.191 e. The smallest absolute Gasteiger partial charge is 0.191 e. The van der Waals surface area contributed by atoms with Gasteiger partial charge in [0.25, 0.3) is 0 Å². The van der Waals surface area contributed by atoms with E-state index in [9.17, 15) is 8.42 Å². The van der Waals surface area contributed by atoms with Gasteiger partial charge in [-0.3, -0.25) is 0 Å². The molecule has 0 amide bonds. The Morgan fingerprint density at radius 1 is 1.58 bits per heavy atom. The van der Waals surface area contributed by atoms with Crippen LogP contribution in [0.5, 0.6) is 0 Å². The molecule has 0 radical (unpaired) electrons. The highest BCUT2D eigenvalue weighted by molar-refractivity contribution is 7.91. The Bertz CT molecular complexity index is 523. The molecule has 19 heavy (non-hydrogen) atoms. The summed E-state index contributed by atoms with van der Waals surface area (Å²) in [5.74, 6) is 1.17. The molecule has 2 heterocycles. The third-order valence-corrected chi connectivity index (χ3v) is 5.42. The van der Waals surface area contributed by atoms with Crippen LogP contribution in [0.4, 0.5) is 0 Å². The molecule has 1 saturated heterocycles. The highest BCUT2D eigenvalue weighted by Gasteiger charge is 2.28. The predicted octanol–water partition coefficient (Wildman–Crippen LogP) is 0.990. The Balaban J connectivity index is 1.94. The lowest BCUT2D eigenvalue weighted by molar-refractivity contribution is 0.599. The van der Waals surface area contributed by atoms with E-state index in [1.165, 1.54) is 5.56 Å². The van der Waals surface area contributed by atoms with Gasteiger partial charge in [-0.05, 0) is 35.7 Å². The van der Waals surface area contributed by atoms with Crippen molar-refractivity contribution in [3.05, 3.63) is 22.4 Å². The molecule has 1 aromatic heterocycles. The minimum absolute atomic E-state index is 0.0229. The maximum absolute atomic E-state index is 11.4. The van der Waals surface area contributed by atoms with E-state index >= 15 is 0 Å². The fraction of sp³-hybridized carbons (Fsp3) is 0.583. The first kappa shape index (κ1) is 14.3. The van der Waals surface area contributed by atoms with E-state index in [0.717, 1.165) is 6.54 Å². The van der Waals surface area contributed by atoms with E-state index in [4.69, 9.17) is 0 Å². The average Bonchev–Trinajstić information content (AvgIpc) is 2.96. The molecule has 7 heteroatoms. The van der Waals surface area contributed by atoms with Crippen LogP contribution in [-0.2, 0) is 16.4 Å². The van der Waals surface area contributed by atoms with Crippen LogP contribution in [0, 0.1) is 0 Å². The second-order valence-corrected chi connectivity index (χ2v) is 7.58. The second-order valence-electron chi connectivity index (χ2n) is 4.57. The normalized spacial score (nSPS) is 22.4. The predicted molar refractivity (Wildman–Crippen MR) is 79.3 cm³/mol. The molecule has 0 saturated carbocycles. The summed E-state index contributed by atoms with van der Waals surface area (Å²) in [6.45, 7) is 3.36. The van der Waals surface area contributed by atoms with Crippen molar-refractivity contribution in [1.29, 1.82) is 0 Å². The third kappa shape index (κ3) is 4.50. The Hall–Kier alpha value is -1.08. The molecule has 1 aromatic rings. The fourth-order valence-electron chi connectivity index (χ4n) is 1.98. The molecule has 2 rings (SSSR count). The van der Waals surface area contributed by atoms with Crippen LogP contribution >= 0.6 is 11.3 Å². The van der Waals surface area contributed by atoms with Crippen molar-refractivity contribution in [2.45, 2.75) is 25.9 Å². The van der Waals surface area contributed by atoms with Crippen LogP contribution in [0.25, 0.3) is 0 Å². The number of rotatable bonds is 4. The summed E-state index contributed by atoms with van der Waals surface area (Å²) in [6, 6.07) is 2.02. The lowest BCUT2D eigenvalue weighted by atomic mass is 10.3. The van der Waals surface area contributed by atoms with Crippen LogP contribution < -0.4 is 10.6 Å². The molecule has 5 nitrogen and oxygen atoms in total. The number of aliphatic imine (C=N–C) groups is 1. The summed E-state index contributed by atoms with van der Waals surface area (Å²) in [4.78, 5) is 4.47. The average molecular weight is 301 g/mol. The molecule has 1 aliphatic heterocycles. The first-order chi connectivity index (χ1) is 9.09. The number of nitrogens with one attached hydrogen (secondary N) is 2. The highest BCUT2D eigenvalue weighted by Crippen LogP contribution is 2.11. The summed E-state index contributed by atoms with van der Waals surface area (Å²) in [6.07, 6.45) is 0.658. The van der Waals surface area contributed by atoms with Crippen molar-refractivity contribution in [3.8, 4) is 0 Å². The van der Waals surface area contributed by atoms with Crippen LogP contribution in [0.2, 0.25) is 0 Å². The van der Waals surface area contributed by atoms with Gasteiger partial charge in [-0.15, -0.1) is 0 Å². The van der Waals surface area contributed by atoms with Gasteiger partial charge in [0.1, 0.15) is 0 Å². The summed E-state index contributed by atoms with van der Waals surface area (Å²) in [5.41, 5.74) is 1.17. The molecule has 0 bridgehead atoms. The SMILES string of the molecule is CCNC(=NCc1ccsc1)NC1CCS(=O)(=O)C1. The number of guanidine groups is 1. The summed E-state index contributed by atoms with van der Waals surface area (Å²) < 4.78 is 22.9. The molecule has 1 atom stereocenters. The molecule has 0 aromatic carbocycles. The fourth-order valence-corrected chi connectivity index (χ4v) is 4.31. The lowest BCUT2D eigenvalue weighted by Crippen LogP contribution is -2.44. The second kappa shape index (κ2) is 6.38. The van der Waals surface area contributed by atoms with E-state index in [1.807, 2.05) is 18.4 Å². The molecule has 0 aliphatic carbocycles. The van der Waals surface area contributed by atoms with Crippen LogP contribution in [0.3, 0.4) is 0 Å². The first-order valence-corrected chi connectivity index (χ1v) is 9.12. The Morgan fingerprint density at radius 3 is 3.00 bits per heavy atom. The minimum atomic E-state index is -2.86. The molecule has 106 valence electrons. The number of hydrogen-bond acceptors (Lipinski definition) is 4. The van der Waals surface area contributed by atoms with Crippen molar-refractivity contribution < 1.29 is 8.42 Å². The van der Waals surface area contributed by atoms with Crippen LogP contribution in [-0.4, -0.2) is 38.5 Å². The monoisotopic (exact) mass is 301 g/mol. The van der Waals surface area contributed by atoms with Crippen LogP contribution in [0.15, 0.2) is 21.8 Å². The van der Waals surface area contributed by atoms with Crippen molar-refractivity contribution in [1.82, 2.24) is 10.6 Å².